The predicted octanol–water partition coefficient (Wildman–Crippen LogP) is 4.24. The van der Waals surface area contributed by atoms with E-state index < -0.39 is 0 Å². The third-order valence-electron chi connectivity index (χ3n) is 4.81. The van der Waals surface area contributed by atoms with Crippen LogP contribution in [0.2, 0.25) is 5.02 Å². The van der Waals surface area contributed by atoms with Gasteiger partial charge in [0.1, 0.15) is 5.75 Å². The summed E-state index contributed by atoms with van der Waals surface area (Å²) in [5.74, 6) is 0.314. The molecule has 0 unspecified atom stereocenters. The van der Waals surface area contributed by atoms with Crippen LogP contribution in [-0.4, -0.2) is 36.9 Å². The highest BCUT2D eigenvalue weighted by Crippen LogP contribution is 2.29. The number of nitrogens with zero attached hydrogens (tertiary/aromatic N) is 1. The summed E-state index contributed by atoms with van der Waals surface area (Å²) in [5.41, 5.74) is 1.55. The zero-order valence-corrected chi connectivity index (χ0v) is 16.5. The minimum absolute atomic E-state index is 0.0285. The summed E-state index contributed by atoms with van der Waals surface area (Å²) in [5, 5.41) is 3.43. The standard InChI is InChI=1S/C22H23ClN2O3/c1-28-20-9-8-18(23)15-19(20)24-22(27)17-11-13-25(14-12-17)21(26)10-7-16-5-3-2-4-6-16/h2-10,15,17H,11-14H2,1H3,(H,24,27)/b10-7+. The van der Waals surface area contributed by atoms with Crippen molar-refractivity contribution in [2.75, 3.05) is 25.5 Å². The first-order chi connectivity index (χ1) is 13.6. The average Bonchev–Trinajstić information content (AvgIpc) is 2.73. The van der Waals surface area contributed by atoms with Gasteiger partial charge in [-0.1, -0.05) is 41.9 Å². The van der Waals surface area contributed by atoms with E-state index in [9.17, 15) is 9.59 Å². The van der Waals surface area contributed by atoms with E-state index in [0.29, 0.717) is 42.4 Å². The number of benzene rings is 2. The van der Waals surface area contributed by atoms with Crippen molar-refractivity contribution in [3.63, 3.8) is 0 Å². The Morgan fingerprint density at radius 2 is 1.86 bits per heavy atom. The second-order valence-corrected chi connectivity index (χ2v) is 7.11. The number of halogens is 1. The number of amides is 2. The lowest BCUT2D eigenvalue weighted by molar-refractivity contribution is -0.130. The predicted molar refractivity (Wildman–Crippen MR) is 111 cm³/mol. The monoisotopic (exact) mass is 398 g/mol. The molecule has 0 aromatic heterocycles. The molecule has 1 N–H and O–H groups in total. The van der Waals surface area contributed by atoms with Gasteiger partial charge >= 0.3 is 0 Å². The number of rotatable bonds is 5. The molecule has 0 spiro atoms. The Hall–Kier alpha value is -2.79. The van der Waals surface area contributed by atoms with Crippen molar-refractivity contribution in [2.45, 2.75) is 12.8 Å². The molecule has 1 aliphatic heterocycles. The maximum Gasteiger partial charge on any atom is 0.246 e. The molecule has 0 saturated carbocycles. The Kier molecular flexibility index (Phi) is 6.71. The number of carbonyl (C=O) groups excluding carboxylic acids is 2. The molecule has 0 radical (unpaired) electrons. The normalized spacial score (nSPS) is 14.9. The lowest BCUT2D eigenvalue weighted by atomic mass is 9.95. The number of methoxy groups -OCH3 is 1. The van der Waals surface area contributed by atoms with Crippen LogP contribution in [0.15, 0.2) is 54.6 Å². The number of hydrogen-bond donors (Lipinski definition) is 1. The fourth-order valence-electron chi connectivity index (χ4n) is 3.21. The molecule has 28 heavy (non-hydrogen) atoms. The average molecular weight is 399 g/mol. The van der Waals surface area contributed by atoms with Crippen LogP contribution in [0.25, 0.3) is 6.08 Å². The lowest BCUT2D eigenvalue weighted by Gasteiger charge is -2.30. The van der Waals surface area contributed by atoms with Gasteiger partial charge < -0.3 is 15.0 Å². The quantitative estimate of drug-likeness (QED) is 0.766. The lowest BCUT2D eigenvalue weighted by Crippen LogP contribution is -2.40. The Bertz CT molecular complexity index is 859. The molecule has 1 saturated heterocycles. The van der Waals surface area contributed by atoms with Crippen molar-refractivity contribution < 1.29 is 14.3 Å². The second-order valence-electron chi connectivity index (χ2n) is 6.68. The van der Waals surface area contributed by atoms with E-state index >= 15 is 0 Å². The fourth-order valence-corrected chi connectivity index (χ4v) is 3.38. The number of piperidine rings is 1. The van der Waals surface area contributed by atoms with Crippen molar-refractivity contribution in [1.82, 2.24) is 4.90 Å². The van der Waals surface area contributed by atoms with Gasteiger partial charge in [0, 0.05) is 30.1 Å². The van der Waals surface area contributed by atoms with Crippen molar-refractivity contribution in [2.24, 2.45) is 5.92 Å². The summed E-state index contributed by atoms with van der Waals surface area (Å²) >= 11 is 6.01. The molecule has 0 atom stereocenters. The Morgan fingerprint density at radius 1 is 1.14 bits per heavy atom. The Balaban J connectivity index is 1.53. The molecular formula is C22H23ClN2O3. The third-order valence-corrected chi connectivity index (χ3v) is 5.05. The van der Waals surface area contributed by atoms with E-state index in [1.165, 1.54) is 0 Å². The summed E-state index contributed by atoms with van der Waals surface area (Å²) in [6.45, 7) is 1.12. The molecule has 146 valence electrons. The van der Waals surface area contributed by atoms with Gasteiger partial charge in [-0.15, -0.1) is 0 Å². The van der Waals surface area contributed by atoms with Gasteiger partial charge in [0.15, 0.2) is 0 Å². The van der Waals surface area contributed by atoms with Crippen LogP contribution in [0, 0.1) is 5.92 Å². The number of nitrogens with one attached hydrogen (secondary N) is 1. The minimum atomic E-state index is -0.147. The summed E-state index contributed by atoms with van der Waals surface area (Å²) in [4.78, 5) is 26.8. The SMILES string of the molecule is COc1ccc(Cl)cc1NC(=O)C1CCN(C(=O)/C=C/c2ccccc2)CC1. The largest absolute Gasteiger partial charge is 0.495 e. The number of hydrogen-bond acceptors (Lipinski definition) is 3. The topological polar surface area (TPSA) is 58.6 Å². The number of likely N-dealkylation sites (tertiary alicyclic amines) is 1. The molecule has 6 heteroatoms. The number of anilines is 1. The molecule has 1 fully saturated rings. The summed E-state index contributed by atoms with van der Waals surface area (Å²) in [7, 11) is 1.55. The van der Waals surface area contributed by atoms with Gasteiger partial charge in [-0.05, 0) is 42.7 Å². The van der Waals surface area contributed by atoms with Gasteiger partial charge in [-0.2, -0.15) is 0 Å². The van der Waals surface area contributed by atoms with E-state index in [2.05, 4.69) is 5.32 Å². The van der Waals surface area contributed by atoms with E-state index in [4.69, 9.17) is 16.3 Å². The molecule has 1 heterocycles. The molecular weight excluding hydrogens is 376 g/mol. The fraction of sp³-hybridized carbons (Fsp3) is 0.273. The maximum absolute atomic E-state index is 12.6. The van der Waals surface area contributed by atoms with Crippen LogP contribution < -0.4 is 10.1 Å². The summed E-state index contributed by atoms with van der Waals surface area (Å²) < 4.78 is 5.27. The van der Waals surface area contributed by atoms with Gasteiger partial charge in [-0.3, -0.25) is 9.59 Å². The zero-order valence-electron chi connectivity index (χ0n) is 15.7. The van der Waals surface area contributed by atoms with Gasteiger partial charge in [-0.25, -0.2) is 0 Å². The highest BCUT2D eigenvalue weighted by atomic mass is 35.5. The molecule has 2 amide bonds. The van der Waals surface area contributed by atoms with Gasteiger partial charge in [0.05, 0.1) is 12.8 Å². The molecule has 0 bridgehead atoms. The number of carbonyl (C=O) groups is 2. The van der Waals surface area contributed by atoms with Crippen LogP contribution in [0.4, 0.5) is 5.69 Å². The molecule has 3 rings (SSSR count). The Morgan fingerprint density at radius 3 is 2.54 bits per heavy atom. The van der Waals surface area contributed by atoms with E-state index in [-0.39, 0.29) is 17.7 Å². The number of ether oxygens (including phenoxy) is 1. The first-order valence-corrected chi connectivity index (χ1v) is 9.61. The van der Waals surface area contributed by atoms with Gasteiger partial charge in [0.2, 0.25) is 11.8 Å². The van der Waals surface area contributed by atoms with Crippen LogP contribution >= 0.6 is 11.6 Å². The molecule has 5 nitrogen and oxygen atoms in total. The second kappa shape index (κ2) is 9.42. The zero-order chi connectivity index (χ0) is 19.9. The molecule has 1 aliphatic rings. The smallest absolute Gasteiger partial charge is 0.246 e. The van der Waals surface area contributed by atoms with Crippen LogP contribution in [0.5, 0.6) is 5.75 Å². The molecule has 0 aliphatic carbocycles. The van der Waals surface area contributed by atoms with E-state index in [1.807, 2.05) is 36.4 Å². The minimum Gasteiger partial charge on any atom is -0.495 e. The van der Waals surface area contributed by atoms with Crippen molar-refractivity contribution in [1.29, 1.82) is 0 Å². The highest BCUT2D eigenvalue weighted by molar-refractivity contribution is 6.31. The van der Waals surface area contributed by atoms with Crippen molar-refractivity contribution in [3.8, 4) is 5.75 Å². The maximum atomic E-state index is 12.6. The summed E-state index contributed by atoms with van der Waals surface area (Å²) in [6.07, 6.45) is 4.65. The van der Waals surface area contributed by atoms with E-state index in [1.54, 1.807) is 36.3 Å². The Labute approximate surface area is 169 Å². The van der Waals surface area contributed by atoms with Crippen LogP contribution in [-0.2, 0) is 9.59 Å². The molecule has 2 aromatic carbocycles. The first kappa shape index (κ1) is 20.0. The van der Waals surface area contributed by atoms with Crippen molar-refractivity contribution >= 4 is 35.2 Å². The van der Waals surface area contributed by atoms with E-state index in [0.717, 1.165) is 5.56 Å². The van der Waals surface area contributed by atoms with Crippen LogP contribution in [0.1, 0.15) is 18.4 Å². The van der Waals surface area contributed by atoms with Gasteiger partial charge in [0.25, 0.3) is 0 Å². The first-order valence-electron chi connectivity index (χ1n) is 9.23. The third kappa shape index (κ3) is 5.14. The summed E-state index contributed by atoms with van der Waals surface area (Å²) in [6, 6.07) is 14.8. The molecule has 2 aromatic rings. The van der Waals surface area contributed by atoms with Crippen molar-refractivity contribution in [3.05, 3.63) is 65.2 Å². The highest BCUT2D eigenvalue weighted by Gasteiger charge is 2.27. The van der Waals surface area contributed by atoms with Crippen LogP contribution in [0.3, 0.4) is 0 Å².